The molecular weight excluding hydrogens is 240 g/mol. The smallest absolute Gasteiger partial charge is 0.350 e. The predicted molar refractivity (Wildman–Crippen MR) is 67.1 cm³/mol. The lowest BCUT2D eigenvalue weighted by molar-refractivity contribution is -0.117. The number of rotatable bonds is 5. The van der Waals surface area contributed by atoms with E-state index in [9.17, 15) is 9.59 Å². The molecule has 0 fully saturated rings. The van der Waals surface area contributed by atoms with Gasteiger partial charge >= 0.3 is 5.97 Å². The number of hydrogen-bond acceptors (Lipinski definition) is 5. The predicted octanol–water partition coefficient (Wildman–Crippen LogP) is 1.38. The lowest BCUT2D eigenvalue weighted by atomic mass is 10.2. The van der Waals surface area contributed by atoms with Crippen molar-refractivity contribution in [1.29, 1.82) is 0 Å². The zero-order valence-electron chi connectivity index (χ0n) is 9.43. The Morgan fingerprint density at radius 3 is 3.00 bits per heavy atom. The third-order valence-electron chi connectivity index (χ3n) is 2.05. The SMILES string of the molecule is C=CCC(N)C(=O)Nc1ccsc1C(=O)OC. The Bertz CT molecular complexity index is 428. The second kappa shape index (κ2) is 6.17. The van der Waals surface area contributed by atoms with Gasteiger partial charge in [0.05, 0.1) is 18.8 Å². The summed E-state index contributed by atoms with van der Waals surface area (Å²) in [6, 6.07) is 0.966. The molecule has 1 rings (SSSR count). The third-order valence-corrected chi connectivity index (χ3v) is 2.95. The topological polar surface area (TPSA) is 81.4 Å². The van der Waals surface area contributed by atoms with Gasteiger partial charge in [-0.05, 0) is 17.9 Å². The fourth-order valence-electron chi connectivity index (χ4n) is 1.17. The average Bonchev–Trinajstić information content (AvgIpc) is 2.76. The molecule has 1 heterocycles. The number of thiophene rings is 1. The molecule has 6 heteroatoms. The van der Waals surface area contributed by atoms with E-state index in [2.05, 4.69) is 16.6 Å². The van der Waals surface area contributed by atoms with Gasteiger partial charge in [-0.2, -0.15) is 0 Å². The van der Waals surface area contributed by atoms with Crippen molar-refractivity contribution in [2.24, 2.45) is 5.73 Å². The highest BCUT2D eigenvalue weighted by atomic mass is 32.1. The van der Waals surface area contributed by atoms with Crippen LogP contribution in [0.25, 0.3) is 0 Å². The van der Waals surface area contributed by atoms with Gasteiger partial charge in [-0.15, -0.1) is 17.9 Å². The van der Waals surface area contributed by atoms with Crippen LogP contribution >= 0.6 is 11.3 Å². The second-order valence-corrected chi connectivity index (χ2v) is 4.19. The third kappa shape index (κ3) is 3.40. The van der Waals surface area contributed by atoms with Crippen molar-refractivity contribution in [2.45, 2.75) is 12.5 Å². The number of esters is 1. The van der Waals surface area contributed by atoms with Crippen molar-refractivity contribution in [1.82, 2.24) is 0 Å². The maximum atomic E-state index is 11.6. The first-order chi connectivity index (χ1) is 8.10. The van der Waals surface area contributed by atoms with E-state index in [1.165, 1.54) is 18.4 Å². The number of hydrogen-bond donors (Lipinski definition) is 2. The molecule has 0 saturated heterocycles. The molecule has 1 aromatic rings. The fraction of sp³-hybridized carbons (Fsp3) is 0.273. The quantitative estimate of drug-likeness (QED) is 0.614. The molecule has 1 unspecified atom stereocenters. The number of nitrogens with two attached hydrogens (primary N) is 1. The summed E-state index contributed by atoms with van der Waals surface area (Å²) >= 11 is 1.20. The number of carbonyl (C=O) groups excluding carboxylic acids is 2. The highest BCUT2D eigenvalue weighted by molar-refractivity contribution is 7.12. The van der Waals surface area contributed by atoms with E-state index in [0.29, 0.717) is 17.0 Å². The van der Waals surface area contributed by atoms with E-state index in [1.54, 1.807) is 17.5 Å². The molecule has 0 spiro atoms. The monoisotopic (exact) mass is 254 g/mol. The van der Waals surface area contributed by atoms with Crippen LogP contribution in [-0.2, 0) is 9.53 Å². The zero-order valence-corrected chi connectivity index (χ0v) is 10.3. The Kier molecular flexibility index (Phi) is 4.86. The summed E-state index contributed by atoms with van der Waals surface area (Å²) in [6.07, 6.45) is 1.95. The van der Waals surface area contributed by atoms with Crippen molar-refractivity contribution in [2.75, 3.05) is 12.4 Å². The normalized spacial score (nSPS) is 11.6. The molecule has 0 radical (unpaired) electrons. The first kappa shape index (κ1) is 13.4. The van der Waals surface area contributed by atoms with Gasteiger partial charge in [0.1, 0.15) is 4.88 Å². The van der Waals surface area contributed by atoms with E-state index in [-0.39, 0.29) is 5.91 Å². The lowest BCUT2D eigenvalue weighted by Crippen LogP contribution is -2.35. The number of amides is 1. The van der Waals surface area contributed by atoms with E-state index in [4.69, 9.17) is 5.73 Å². The van der Waals surface area contributed by atoms with Crippen molar-refractivity contribution in [3.63, 3.8) is 0 Å². The zero-order chi connectivity index (χ0) is 12.8. The first-order valence-corrected chi connectivity index (χ1v) is 5.81. The minimum absolute atomic E-state index is 0.353. The Morgan fingerprint density at radius 1 is 1.71 bits per heavy atom. The van der Waals surface area contributed by atoms with Crippen LogP contribution in [0.3, 0.4) is 0 Å². The average molecular weight is 254 g/mol. The summed E-state index contributed by atoms with van der Waals surface area (Å²) in [5.41, 5.74) is 6.03. The number of nitrogens with one attached hydrogen (secondary N) is 1. The maximum absolute atomic E-state index is 11.6. The Labute approximate surface area is 103 Å². The first-order valence-electron chi connectivity index (χ1n) is 4.93. The van der Waals surface area contributed by atoms with Crippen LogP contribution in [0.5, 0.6) is 0 Å². The molecule has 0 aliphatic carbocycles. The molecule has 1 atom stereocenters. The Balaban J connectivity index is 2.75. The van der Waals surface area contributed by atoms with Gasteiger partial charge < -0.3 is 15.8 Å². The van der Waals surface area contributed by atoms with Crippen molar-refractivity contribution >= 4 is 28.9 Å². The van der Waals surface area contributed by atoms with Crippen LogP contribution < -0.4 is 11.1 Å². The van der Waals surface area contributed by atoms with E-state index < -0.39 is 12.0 Å². The summed E-state index contributed by atoms with van der Waals surface area (Å²) < 4.78 is 4.60. The number of methoxy groups -OCH3 is 1. The van der Waals surface area contributed by atoms with Crippen LogP contribution in [0.1, 0.15) is 16.1 Å². The van der Waals surface area contributed by atoms with Gasteiger partial charge in [0, 0.05) is 0 Å². The van der Waals surface area contributed by atoms with Crippen molar-refractivity contribution in [3.8, 4) is 0 Å². The van der Waals surface area contributed by atoms with Crippen LogP contribution in [0.2, 0.25) is 0 Å². The summed E-state index contributed by atoms with van der Waals surface area (Å²) in [5.74, 6) is -0.832. The van der Waals surface area contributed by atoms with Crippen LogP contribution in [-0.4, -0.2) is 25.0 Å². The number of carbonyl (C=O) groups is 2. The highest BCUT2D eigenvalue weighted by Crippen LogP contribution is 2.23. The summed E-state index contributed by atoms with van der Waals surface area (Å²) in [5, 5.41) is 4.28. The molecule has 3 N–H and O–H groups in total. The van der Waals surface area contributed by atoms with Gasteiger partial charge in [-0.25, -0.2) is 4.79 Å². The minimum Gasteiger partial charge on any atom is -0.465 e. The van der Waals surface area contributed by atoms with Crippen LogP contribution in [0.15, 0.2) is 24.1 Å². The Morgan fingerprint density at radius 2 is 2.41 bits per heavy atom. The molecule has 5 nitrogen and oxygen atoms in total. The standard InChI is InChI=1S/C11H14N2O3S/c1-3-4-7(12)10(14)13-8-5-6-17-9(8)11(15)16-2/h3,5-7H,1,4,12H2,2H3,(H,13,14). The molecule has 0 aromatic carbocycles. The van der Waals surface area contributed by atoms with Gasteiger partial charge in [0.15, 0.2) is 0 Å². The van der Waals surface area contributed by atoms with E-state index in [0.717, 1.165) is 0 Å². The number of ether oxygens (including phenoxy) is 1. The maximum Gasteiger partial charge on any atom is 0.350 e. The summed E-state index contributed by atoms with van der Waals surface area (Å²) in [7, 11) is 1.29. The molecule has 0 aliphatic heterocycles. The van der Waals surface area contributed by atoms with Gasteiger partial charge in [-0.3, -0.25) is 4.79 Å². The van der Waals surface area contributed by atoms with Crippen molar-refractivity contribution in [3.05, 3.63) is 29.0 Å². The second-order valence-electron chi connectivity index (χ2n) is 3.28. The fourth-order valence-corrected chi connectivity index (χ4v) is 1.94. The molecule has 0 saturated carbocycles. The Hall–Kier alpha value is -1.66. The lowest BCUT2D eigenvalue weighted by Gasteiger charge is -2.10. The summed E-state index contributed by atoms with van der Waals surface area (Å²) in [4.78, 5) is 23.3. The highest BCUT2D eigenvalue weighted by Gasteiger charge is 2.18. The largest absolute Gasteiger partial charge is 0.465 e. The van der Waals surface area contributed by atoms with Crippen LogP contribution in [0, 0.1) is 0 Å². The summed E-state index contributed by atoms with van der Waals surface area (Å²) in [6.45, 7) is 3.51. The molecule has 0 bridgehead atoms. The van der Waals surface area contributed by atoms with Crippen LogP contribution in [0.4, 0.5) is 5.69 Å². The molecule has 92 valence electrons. The van der Waals surface area contributed by atoms with Gasteiger partial charge in [0.25, 0.3) is 0 Å². The molecule has 1 amide bonds. The van der Waals surface area contributed by atoms with E-state index in [1.807, 2.05) is 0 Å². The molecule has 17 heavy (non-hydrogen) atoms. The van der Waals surface area contributed by atoms with Crippen molar-refractivity contribution < 1.29 is 14.3 Å². The molecule has 0 aliphatic rings. The van der Waals surface area contributed by atoms with E-state index >= 15 is 0 Å². The molecule has 1 aromatic heterocycles. The molecular formula is C11H14N2O3S. The number of anilines is 1. The van der Waals surface area contributed by atoms with Gasteiger partial charge in [-0.1, -0.05) is 6.08 Å². The minimum atomic E-state index is -0.669. The van der Waals surface area contributed by atoms with Gasteiger partial charge in [0.2, 0.25) is 5.91 Å².